The zero-order valence-electron chi connectivity index (χ0n) is 37.2. The van der Waals surface area contributed by atoms with Crippen molar-refractivity contribution in [1.82, 2.24) is 24.6 Å². The molecule has 3 aromatic carbocycles. The fourth-order valence-corrected chi connectivity index (χ4v) is 11.9. The lowest BCUT2D eigenvalue weighted by Gasteiger charge is -2.56. The Bertz CT molecular complexity index is 2970. The van der Waals surface area contributed by atoms with Crippen molar-refractivity contribution in [3.05, 3.63) is 106 Å². The summed E-state index contributed by atoms with van der Waals surface area (Å²) in [5.74, 6) is -1.53. The van der Waals surface area contributed by atoms with E-state index in [2.05, 4.69) is 63.3 Å². The van der Waals surface area contributed by atoms with E-state index in [-0.39, 0.29) is 72.0 Å². The molecule has 6 heterocycles. The molecule has 3 aromatic heterocycles. The highest BCUT2D eigenvalue weighted by molar-refractivity contribution is 7.90. The Morgan fingerprint density at radius 3 is 2.60 bits per heavy atom. The Kier molecular flexibility index (Phi) is 11.6. The number of hydrogen-bond donors (Lipinski definition) is 3. The Morgan fingerprint density at radius 1 is 1.06 bits per heavy atom. The molecule has 3 aliphatic heterocycles. The number of nitro benzene ring substituents is 1. The molecule has 1 spiro atoms. The minimum absolute atomic E-state index is 0.0457. The van der Waals surface area contributed by atoms with E-state index in [9.17, 15) is 23.3 Å². The van der Waals surface area contributed by atoms with Crippen molar-refractivity contribution >= 4 is 55.1 Å². The van der Waals surface area contributed by atoms with Crippen LogP contribution in [0.5, 0.6) is 11.5 Å². The molecule has 1 atom stereocenters. The number of pyridine rings is 1. The fraction of sp³-hybridized carbons (Fsp3) is 0.438. The van der Waals surface area contributed by atoms with Gasteiger partial charge in [-0.25, -0.2) is 31.9 Å². The van der Waals surface area contributed by atoms with Crippen LogP contribution in [0.15, 0.2) is 82.7 Å². The van der Waals surface area contributed by atoms with Crippen LogP contribution in [0.3, 0.4) is 0 Å². The zero-order chi connectivity index (χ0) is 46.7. The number of carbonyl (C=O) groups excluding carboxylic acids is 1. The number of halogens is 2. The minimum atomic E-state index is -4.98. The van der Waals surface area contributed by atoms with Gasteiger partial charge in [0.15, 0.2) is 17.7 Å². The number of likely N-dealkylation sites (tertiary alicyclic amines) is 1. The number of amides is 1. The first kappa shape index (κ1) is 44.6. The largest absolute Gasteiger partial charge is 0.455 e. The normalized spacial score (nSPS) is 19.8. The molecule has 1 saturated carbocycles. The molecule has 3 saturated heterocycles. The quantitative estimate of drug-likeness (QED) is 0.0732. The molecule has 4 fully saturated rings. The second-order valence-corrected chi connectivity index (χ2v) is 20.5. The molecule has 6 aromatic rings. The number of carbonyl (C=O) groups is 1. The van der Waals surface area contributed by atoms with Gasteiger partial charge in [0.05, 0.1) is 22.4 Å². The number of aromatic nitrogens is 3. The maximum absolute atomic E-state index is 16.5. The number of H-pyrrole nitrogens is 1. The van der Waals surface area contributed by atoms with Crippen LogP contribution in [0.1, 0.15) is 98.7 Å². The van der Waals surface area contributed by atoms with Gasteiger partial charge in [-0.3, -0.25) is 19.8 Å². The Balaban J connectivity index is 0.896. The molecule has 16 nitrogen and oxygen atoms in total. The van der Waals surface area contributed by atoms with E-state index >= 15 is 8.78 Å². The van der Waals surface area contributed by atoms with E-state index in [0.717, 1.165) is 57.2 Å². The second-order valence-electron chi connectivity index (χ2n) is 18.8. The third-order valence-electron chi connectivity index (χ3n) is 14.4. The molecule has 352 valence electrons. The lowest BCUT2D eigenvalue weighted by molar-refractivity contribution is -0.384. The summed E-state index contributed by atoms with van der Waals surface area (Å²) in [6.45, 7) is 6.71. The van der Waals surface area contributed by atoms with Crippen LogP contribution >= 0.6 is 0 Å². The van der Waals surface area contributed by atoms with E-state index in [1.165, 1.54) is 29.8 Å². The standard InChI is InChI=1S/C48H52F2N8O8S/c1-29(2)33-6-3-4-7-34(33)37-8-5-15-57(37)31-24-47(25-31)10-16-56(17-11-47)38-22-40(66-32-20-30-9-14-51-45(30)52-26-32)35(21-36(38)49)46(59)55-67(62,63)41-23-39(58(60)61)42(44-43(41)54-28-65-44)53-27-48(50)12-18-64-19-13-48/h3-4,6-7,9,14,20-23,26,28-29,31,37,53H,5,8,10-13,15-19,24-25,27H2,1-2H3,(H,51,52)(H,55,59). The topological polar surface area (TPSA) is 198 Å². The summed E-state index contributed by atoms with van der Waals surface area (Å²) in [5.41, 5.74) is -0.154. The molecular weight excluding hydrogens is 887 g/mol. The number of nitrogens with zero attached hydrogens (tertiary/aromatic N) is 5. The summed E-state index contributed by atoms with van der Waals surface area (Å²) in [6, 6.07) is 16.2. The first-order valence-electron chi connectivity index (χ1n) is 22.9. The van der Waals surface area contributed by atoms with Gasteiger partial charge in [0.2, 0.25) is 0 Å². The van der Waals surface area contributed by atoms with Crippen molar-refractivity contribution in [3.63, 3.8) is 0 Å². The van der Waals surface area contributed by atoms with Crippen LogP contribution in [0, 0.1) is 21.3 Å². The highest BCUT2D eigenvalue weighted by atomic mass is 32.2. The predicted molar refractivity (Wildman–Crippen MR) is 246 cm³/mol. The lowest BCUT2D eigenvalue weighted by Crippen LogP contribution is -2.55. The van der Waals surface area contributed by atoms with E-state index in [0.29, 0.717) is 42.1 Å². The van der Waals surface area contributed by atoms with Crippen molar-refractivity contribution in [3.8, 4) is 11.5 Å². The average Bonchev–Trinajstić information content (AvgIpc) is 4.10. The molecule has 3 N–H and O–H groups in total. The smallest absolute Gasteiger partial charge is 0.297 e. The lowest BCUT2D eigenvalue weighted by atomic mass is 9.59. The Labute approximate surface area is 385 Å². The number of sulfonamides is 1. The van der Waals surface area contributed by atoms with Gasteiger partial charge in [0.1, 0.15) is 39.0 Å². The van der Waals surface area contributed by atoms with Gasteiger partial charge in [-0.15, -0.1) is 0 Å². The SMILES string of the molecule is CC(C)c1ccccc1C1CCCN1C1CC2(CCN(c3cc(Oc4cnc5[nH]ccc5c4)c(C(=O)NS(=O)(=O)c4cc([N+](=O)[O-])c(NCC5(F)CCOCC5)c5ocnc45)cc3F)CC2)C1. The maximum atomic E-state index is 16.5. The molecule has 19 heteroatoms. The van der Waals surface area contributed by atoms with Gasteiger partial charge in [-0.2, -0.15) is 0 Å². The number of aromatic amines is 1. The van der Waals surface area contributed by atoms with Gasteiger partial charge in [0.25, 0.3) is 21.6 Å². The first-order valence-corrected chi connectivity index (χ1v) is 24.3. The van der Waals surface area contributed by atoms with Gasteiger partial charge in [0, 0.05) is 81.5 Å². The van der Waals surface area contributed by atoms with E-state index < -0.39 is 48.5 Å². The highest BCUT2D eigenvalue weighted by Gasteiger charge is 2.50. The fourth-order valence-electron chi connectivity index (χ4n) is 10.7. The Morgan fingerprint density at radius 2 is 1.84 bits per heavy atom. The van der Waals surface area contributed by atoms with Crippen LogP contribution in [-0.2, 0) is 14.8 Å². The van der Waals surface area contributed by atoms with Crippen LogP contribution in [-0.4, -0.2) is 90.2 Å². The van der Waals surface area contributed by atoms with Crippen LogP contribution in [0.2, 0.25) is 0 Å². The number of rotatable bonds is 13. The van der Waals surface area contributed by atoms with Crippen molar-refractivity contribution in [2.75, 3.05) is 49.6 Å². The molecule has 0 bridgehead atoms. The summed E-state index contributed by atoms with van der Waals surface area (Å²) in [7, 11) is -4.98. The number of nitrogens with one attached hydrogen (secondary N) is 3. The predicted octanol–water partition coefficient (Wildman–Crippen LogP) is 9.30. The summed E-state index contributed by atoms with van der Waals surface area (Å²) < 4.78 is 79.1. The molecular formula is C48H52F2N8O8S. The van der Waals surface area contributed by atoms with E-state index in [1.54, 1.807) is 18.3 Å². The molecule has 10 rings (SSSR count). The molecule has 1 aliphatic carbocycles. The summed E-state index contributed by atoms with van der Waals surface area (Å²) in [4.78, 5) is 40.9. The zero-order valence-corrected chi connectivity index (χ0v) is 38.0. The third kappa shape index (κ3) is 8.56. The number of hydrogen-bond acceptors (Lipinski definition) is 13. The van der Waals surface area contributed by atoms with Crippen molar-refractivity contribution < 1.29 is 40.8 Å². The van der Waals surface area contributed by atoms with Crippen LogP contribution in [0.4, 0.5) is 25.8 Å². The highest BCUT2D eigenvalue weighted by Crippen LogP contribution is 2.54. The molecule has 0 radical (unpaired) electrons. The number of alkyl halides is 1. The minimum Gasteiger partial charge on any atom is -0.455 e. The number of ether oxygens (including phenoxy) is 2. The van der Waals surface area contributed by atoms with Gasteiger partial charge in [-0.1, -0.05) is 38.1 Å². The van der Waals surface area contributed by atoms with Gasteiger partial charge < -0.3 is 29.1 Å². The van der Waals surface area contributed by atoms with Crippen molar-refractivity contribution in [2.45, 2.75) is 93.8 Å². The number of anilines is 2. The maximum Gasteiger partial charge on any atom is 0.297 e. The third-order valence-corrected chi connectivity index (χ3v) is 15.7. The monoisotopic (exact) mass is 938 g/mol. The molecule has 4 aliphatic rings. The van der Waals surface area contributed by atoms with Gasteiger partial charge >= 0.3 is 0 Å². The van der Waals surface area contributed by atoms with Crippen molar-refractivity contribution in [1.29, 1.82) is 0 Å². The molecule has 1 unspecified atom stereocenters. The summed E-state index contributed by atoms with van der Waals surface area (Å²) >= 11 is 0. The summed E-state index contributed by atoms with van der Waals surface area (Å²) in [6.07, 6.45) is 10.3. The van der Waals surface area contributed by atoms with E-state index in [4.69, 9.17) is 13.9 Å². The second kappa shape index (κ2) is 17.5. The van der Waals surface area contributed by atoms with Crippen molar-refractivity contribution in [2.24, 2.45) is 5.41 Å². The molecule has 67 heavy (non-hydrogen) atoms. The first-order chi connectivity index (χ1) is 32.2. The number of piperidine rings is 1. The van der Waals surface area contributed by atoms with Crippen LogP contribution in [0.25, 0.3) is 22.1 Å². The number of benzene rings is 3. The van der Waals surface area contributed by atoms with Crippen LogP contribution < -0.4 is 19.7 Å². The molecule has 1 amide bonds. The number of nitro groups is 1. The number of fused-ring (bicyclic) bond motifs is 2. The Hall–Kier alpha value is -6.18. The average molecular weight is 939 g/mol. The number of oxazole rings is 1. The van der Waals surface area contributed by atoms with Gasteiger partial charge in [-0.05, 0) is 85.7 Å². The van der Waals surface area contributed by atoms with E-state index in [1.807, 2.05) is 9.62 Å². The summed E-state index contributed by atoms with van der Waals surface area (Å²) in [5, 5.41) is 15.8.